The Morgan fingerprint density at radius 2 is 2.00 bits per heavy atom. The van der Waals surface area contributed by atoms with Crippen molar-refractivity contribution in [3.8, 4) is 5.75 Å². The van der Waals surface area contributed by atoms with E-state index in [9.17, 15) is 17.6 Å². The highest BCUT2D eigenvalue weighted by molar-refractivity contribution is 7.89. The van der Waals surface area contributed by atoms with Crippen LogP contribution in [0, 0.1) is 11.7 Å². The summed E-state index contributed by atoms with van der Waals surface area (Å²) < 4.78 is 45.5. The summed E-state index contributed by atoms with van der Waals surface area (Å²) in [7, 11) is -3.80. The number of piperidine rings is 1. The second kappa shape index (κ2) is 7.33. The highest BCUT2D eigenvalue weighted by Crippen LogP contribution is 2.28. The van der Waals surface area contributed by atoms with Gasteiger partial charge in [0.25, 0.3) is 0 Å². The van der Waals surface area contributed by atoms with Crippen LogP contribution in [0.5, 0.6) is 5.75 Å². The maximum absolute atomic E-state index is 13.1. The summed E-state index contributed by atoms with van der Waals surface area (Å²) in [6.45, 7) is 0.334. The molecular weight excluding hydrogens is 385 g/mol. The lowest BCUT2D eigenvalue weighted by atomic mass is 10.00. The number of nitrogens with zero attached hydrogens (tertiary/aromatic N) is 2. The Morgan fingerprint density at radius 3 is 2.79 bits per heavy atom. The minimum atomic E-state index is -3.80. The highest BCUT2D eigenvalue weighted by atomic mass is 32.2. The number of aromatic nitrogens is 2. The first-order valence-electron chi connectivity index (χ1n) is 8.84. The average Bonchev–Trinajstić information content (AvgIpc) is 3.18. The quantitative estimate of drug-likeness (QED) is 0.534. The first kappa shape index (κ1) is 18.6. The summed E-state index contributed by atoms with van der Waals surface area (Å²) in [6.07, 6.45) is 2.65. The number of carbonyl (C=O) groups is 1. The van der Waals surface area contributed by atoms with Gasteiger partial charge in [0.2, 0.25) is 10.0 Å². The van der Waals surface area contributed by atoms with E-state index >= 15 is 0 Å². The average molecular weight is 403 g/mol. The summed E-state index contributed by atoms with van der Waals surface area (Å²) in [5.41, 5.74) is 0.745. The van der Waals surface area contributed by atoms with Crippen LogP contribution in [0.25, 0.3) is 10.9 Å². The minimum absolute atomic E-state index is 0.00563. The zero-order chi connectivity index (χ0) is 19.7. The van der Waals surface area contributed by atoms with Gasteiger partial charge in [-0.2, -0.15) is 9.40 Å². The molecule has 4 rings (SSSR count). The molecule has 9 heteroatoms. The van der Waals surface area contributed by atoms with E-state index in [1.54, 1.807) is 18.3 Å². The van der Waals surface area contributed by atoms with Gasteiger partial charge in [0, 0.05) is 13.1 Å². The van der Waals surface area contributed by atoms with Crippen molar-refractivity contribution >= 4 is 26.9 Å². The fraction of sp³-hybridized carbons (Fsp3) is 0.263. The van der Waals surface area contributed by atoms with Gasteiger partial charge in [-0.15, -0.1) is 0 Å². The van der Waals surface area contributed by atoms with Crippen molar-refractivity contribution in [3.05, 3.63) is 54.5 Å². The third kappa shape index (κ3) is 3.50. The lowest BCUT2D eigenvalue weighted by molar-refractivity contribution is -0.140. The van der Waals surface area contributed by atoms with Crippen LogP contribution in [0.15, 0.2) is 53.6 Å². The number of sulfonamides is 1. The van der Waals surface area contributed by atoms with Crippen LogP contribution in [-0.2, 0) is 14.8 Å². The molecule has 1 aliphatic rings. The van der Waals surface area contributed by atoms with Crippen LogP contribution in [0.3, 0.4) is 0 Å². The Hall–Kier alpha value is -2.78. The smallest absolute Gasteiger partial charge is 0.315 e. The van der Waals surface area contributed by atoms with Gasteiger partial charge in [0.05, 0.1) is 27.9 Å². The number of carbonyl (C=O) groups excluding carboxylic acids is 1. The first-order chi connectivity index (χ1) is 13.4. The lowest BCUT2D eigenvalue weighted by Crippen LogP contribution is -2.43. The zero-order valence-electron chi connectivity index (χ0n) is 14.8. The first-order valence-corrected chi connectivity index (χ1v) is 10.3. The third-order valence-corrected chi connectivity index (χ3v) is 6.70. The van der Waals surface area contributed by atoms with Crippen LogP contribution in [0.2, 0.25) is 0 Å². The van der Waals surface area contributed by atoms with Gasteiger partial charge in [-0.05, 0) is 49.2 Å². The van der Waals surface area contributed by atoms with Crippen LogP contribution in [-0.4, -0.2) is 42.0 Å². The predicted molar refractivity (Wildman–Crippen MR) is 99.6 cm³/mol. The minimum Gasteiger partial charge on any atom is -0.425 e. The maximum atomic E-state index is 13.1. The van der Waals surface area contributed by atoms with Gasteiger partial charge >= 0.3 is 5.97 Å². The summed E-state index contributed by atoms with van der Waals surface area (Å²) in [5, 5.41) is 7.42. The topological polar surface area (TPSA) is 92.4 Å². The number of halogens is 1. The molecule has 28 heavy (non-hydrogen) atoms. The molecule has 0 unspecified atom stereocenters. The van der Waals surface area contributed by atoms with Crippen molar-refractivity contribution in [1.29, 1.82) is 0 Å². The van der Waals surface area contributed by atoms with Crippen molar-refractivity contribution in [3.63, 3.8) is 0 Å². The van der Waals surface area contributed by atoms with E-state index in [4.69, 9.17) is 4.74 Å². The van der Waals surface area contributed by atoms with Crippen LogP contribution in [0.1, 0.15) is 12.8 Å². The number of hydrogen-bond acceptors (Lipinski definition) is 5. The number of ether oxygens (including phenoxy) is 1. The van der Waals surface area contributed by atoms with E-state index in [2.05, 4.69) is 10.2 Å². The number of benzene rings is 2. The molecule has 0 spiro atoms. The Balaban J connectivity index is 1.51. The summed E-state index contributed by atoms with van der Waals surface area (Å²) in [5.74, 6) is -1.18. The molecular formula is C19H18FN3O4S. The van der Waals surface area contributed by atoms with Crippen molar-refractivity contribution in [1.82, 2.24) is 14.5 Å². The third-order valence-electron chi connectivity index (χ3n) is 4.82. The second-order valence-electron chi connectivity index (χ2n) is 6.66. The molecule has 2 heterocycles. The highest BCUT2D eigenvalue weighted by Gasteiger charge is 2.34. The molecule has 0 saturated carbocycles. The van der Waals surface area contributed by atoms with Crippen LogP contribution >= 0.6 is 0 Å². The molecule has 1 aromatic heterocycles. The van der Waals surface area contributed by atoms with Gasteiger partial charge in [-0.25, -0.2) is 12.8 Å². The van der Waals surface area contributed by atoms with Gasteiger partial charge < -0.3 is 4.74 Å². The standard InChI is InChI=1S/C19H18FN3O4S/c20-14-6-8-15(9-7-14)28(25,26)23-10-2-3-13(12-23)19(24)27-18-5-1-4-17-16(18)11-21-22-17/h1,4-9,11,13H,2-3,10,12H2,(H,21,22)/t13-/m0/s1. The number of rotatable bonds is 4. The largest absolute Gasteiger partial charge is 0.425 e. The fourth-order valence-corrected chi connectivity index (χ4v) is 4.85. The van der Waals surface area contributed by atoms with Crippen LogP contribution < -0.4 is 4.74 Å². The molecule has 1 fully saturated rings. The maximum Gasteiger partial charge on any atom is 0.315 e. The number of H-pyrrole nitrogens is 1. The molecule has 0 radical (unpaired) electrons. The van der Waals surface area contributed by atoms with E-state index in [1.807, 2.05) is 6.07 Å². The number of esters is 1. The SMILES string of the molecule is O=C(Oc1cccc2[nH]ncc12)[C@H]1CCCN(S(=O)(=O)c2ccc(F)cc2)C1. The Kier molecular flexibility index (Phi) is 4.86. The number of aromatic amines is 1. The normalized spacial score (nSPS) is 18.2. The molecule has 0 aliphatic carbocycles. The molecule has 1 aliphatic heterocycles. The second-order valence-corrected chi connectivity index (χ2v) is 8.60. The van der Waals surface area contributed by atoms with E-state index < -0.39 is 27.7 Å². The van der Waals surface area contributed by atoms with Crippen LogP contribution in [0.4, 0.5) is 4.39 Å². The number of hydrogen-bond donors (Lipinski definition) is 1. The van der Waals surface area contributed by atoms with Gasteiger partial charge in [0.15, 0.2) is 0 Å². The Labute approximate surface area is 161 Å². The molecule has 146 valence electrons. The molecule has 1 atom stereocenters. The Morgan fingerprint density at radius 1 is 1.21 bits per heavy atom. The van der Waals surface area contributed by atoms with Crippen molar-refractivity contribution in [2.75, 3.05) is 13.1 Å². The predicted octanol–water partition coefficient (Wildman–Crippen LogP) is 2.71. The molecule has 7 nitrogen and oxygen atoms in total. The summed E-state index contributed by atoms with van der Waals surface area (Å²) in [6, 6.07) is 9.90. The lowest BCUT2D eigenvalue weighted by Gasteiger charge is -2.30. The molecule has 2 aromatic carbocycles. The van der Waals surface area contributed by atoms with Gasteiger partial charge in [0.1, 0.15) is 11.6 Å². The van der Waals surface area contributed by atoms with E-state index in [1.165, 1.54) is 16.4 Å². The molecule has 1 saturated heterocycles. The molecule has 3 aromatic rings. The van der Waals surface area contributed by atoms with E-state index in [0.29, 0.717) is 30.5 Å². The zero-order valence-corrected chi connectivity index (χ0v) is 15.7. The summed E-state index contributed by atoms with van der Waals surface area (Å²) in [4.78, 5) is 12.7. The molecule has 1 N–H and O–H groups in total. The summed E-state index contributed by atoms with van der Waals surface area (Å²) >= 11 is 0. The number of fused-ring (bicyclic) bond motifs is 1. The monoisotopic (exact) mass is 403 g/mol. The van der Waals surface area contributed by atoms with E-state index in [-0.39, 0.29) is 11.4 Å². The van der Waals surface area contributed by atoms with Gasteiger partial charge in [-0.1, -0.05) is 6.07 Å². The number of nitrogens with one attached hydrogen (secondary N) is 1. The molecule has 0 amide bonds. The van der Waals surface area contributed by atoms with Gasteiger partial charge in [-0.3, -0.25) is 9.89 Å². The van der Waals surface area contributed by atoms with E-state index in [0.717, 1.165) is 17.6 Å². The van der Waals surface area contributed by atoms with Crippen molar-refractivity contribution < 1.29 is 22.3 Å². The van der Waals surface area contributed by atoms with Crippen molar-refractivity contribution in [2.45, 2.75) is 17.7 Å². The van der Waals surface area contributed by atoms with Crippen molar-refractivity contribution in [2.24, 2.45) is 5.92 Å². The Bertz CT molecular complexity index is 1110. The molecule has 0 bridgehead atoms. The fourth-order valence-electron chi connectivity index (χ4n) is 3.33.